The number of benzene rings is 1. The van der Waals surface area contributed by atoms with E-state index >= 15 is 0 Å². The van der Waals surface area contributed by atoms with Gasteiger partial charge in [-0.2, -0.15) is 0 Å². The topological polar surface area (TPSA) is 20.2 Å². The van der Waals surface area contributed by atoms with Crippen molar-refractivity contribution < 1.29 is 5.11 Å². The molecule has 1 aromatic carbocycles. The molecule has 2 rings (SSSR count). The van der Waals surface area contributed by atoms with E-state index < -0.39 is 0 Å². The van der Waals surface area contributed by atoms with Crippen LogP contribution in [0.15, 0.2) is 47.1 Å². The van der Waals surface area contributed by atoms with Crippen molar-refractivity contribution in [1.29, 1.82) is 0 Å². The van der Waals surface area contributed by atoms with Crippen molar-refractivity contribution in [2.75, 3.05) is 11.5 Å². The van der Waals surface area contributed by atoms with Crippen LogP contribution in [0.5, 0.6) is 0 Å². The predicted molar refractivity (Wildman–Crippen MR) is 97.7 cm³/mol. The molecule has 1 aromatic rings. The predicted octanol–water partition coefficient (Wildman–Crippen LogP) is 6.10. The van der Waals surface area contributed by atoms with Crippen LogP contribution < -0.4 is 0 Å². The first-order chi connectivity index (χ1) is 9.96. The molecule has 0 radical (unpaired) electrons. The third-order valence-electron chi connectivity index (χ3n) is 3.06. The van der Waals surface area contributed by atoms with Gasteiger partial charge in [0.1, 0.15) is 0 Å². The molecule has 114 valence electrons. The second-order valence-electron chi connectivity index (χ2n) is 6.48. The monoisotopic (exact) mass is 320 g/mol. The zero-order chi connectivity index (χ0) is 15.3. The molecule has 0 atom stereocenters. The quantitative estimate of drug-likeness (QED) is 0.679. The lowest BCUT2D eigenvalue weighted by Crippen LogP contribution is -2.06. The molecule has 0 amide bonds. The summed E-state index contributed by atoms with van der Waals surface area (Å²) in [5.74, 6) is 2.76. The Morgan fingerprint density at radius 2 is 1.81 bits per heavy atom. The number of aliphatic hydroxyl groups excluding tert-OH is 1. The van der Waals surface area contributed by atoms with Gasteiger partial charge in [0.2, 0.25) is 0 Å². The van der Waals surface area contributed by atoms with Gasteiger partial charge in [-0.25, -0.2) is 0 Å². The molecular weight excluding hydrogens is 296 g/mol. The van der Waals surface area contributed by atoms with Crippen LogP contribution in [0.4, 0.5) is 0 Å². The van der Waals surface area contributed by atoms with Crippen LogP contribution in [0.25, 0.3) is 4.91 Å². The van der Waals surface area contributed by atoms with Crippen LogP contribution in [0.3, 0.4) is 0 Å². The minimum absolute atomic E-state index is 0.108. The van der Waals surface area contributed by atoms with Crippen LogP contribution in [0, 0.1) is 5.41 Å². The van der Waals surface area contributed by atoms with Gasteiger partial charge in [-0.3, -0.25) is 0 Å². The molecule has 0 fully saturated rings. The lowest BCUT2D eigenvalue weighted by molar-refractivity contribution is 0.304. The molecule has 21 heavy (non-hydrogen) atoms. The average Bonchev–Trinajstić information content (AvgIpc) is 2.63. The van der Waals surface area contributed by atoms with Crippen molar-refractivity contribution in [2.45, 2.75) is 33.6 Å². The number of hydrogen-bond donors (Lipinski definition) is 1. The Bertz CT molecular complexity index is 524. The highest BCUT2D eigenvalue weighted by atomic mass is 32.2. The van der Waals surface area contributed by atoms with Gasteiger partial charge in [0.15, 0.2) is 0 Å². The highest BCUT2D eigenvalue weighted by Crippen LogP contribution is 2.40. The van der Waals surface area contributed by atoms with Crippen molar-refractivity contribution in [3.8, 4) is 0 Å². The maximum atomic E-state index is 10.3. The molecule has 1 heterocycles. The molecule has 1 N–H and O–H groups in total. The molecule has 1 aliphatic heterocycles. The van der Waals surface area contributed by atoms with E-state index in [4.69, 9.17) is 0 Å². The summed E-state index contributed by atoms with van der Waals surface area (Å²) in [5.41, 5.74) is 1.36. The summed E-state index contributed by atoms with van der Waals surface area (Å²) in [4.78, 5) is 2.52. The third kappa shape index (κ3) is 5.48. The minimum atomic E-state index is 0.108. The Kier molecular flexibility index (Phi) is 5.88. The van der Waals surface area contributed by atoms with Gasteiger partial charge in [0, 0.05) is 16.2 Å². The van der Waals surface area contributed by atoms with E-state index in [-0.39, 0.29) is 5.41 Å². The molecule has 0 spiro atoms. The third-order valence-corrected chi connectivity index (χ3v) is 5.55. The number of thioether (sulfide) groups is 2. The molecular formula is C18H24OS2. The summed E-state index contributed by atoms with van der Waals surface area (Å²) in [5, 5.41) is 10.3. The fraction of sp³-hybridized carbons (Fsp3) is 0.444. The summed E-state index contributed by atoms with van der Waals surface area (Å²) in [7, 11) is 0. The Hall–Kier alpha value is -0.800. The molecule has 0 aromatic heterocycles. The van der Waals surface area contributed by atoms with Gasteiger partial charge in [0.05, 0.1) is 5.76 Å². The van der Waals surface area contributed by atoms with Gasteiger partial charge in [-0.1, -0.05) is 51.1 Å². The van der Waals surface area contributed by atoms with Crippen LogP contribution in [0.2, 0.25) is 0 Å². The fourth-order valence-corrected chi connectivity index (χ4v) is 4.73. The molecule has 0 saturated carbocycles. The summed E-state index contributed by atoms with van der Waals surface area (Å²) in [6.07, 6.45) is 3.91. The number of hydrogen-bond acceptors (Lipinski definition) is 3. The van der Waals surface area contributed by atoms with Crippen molar-refractivity contribution in [2.24, 2.45) is 5.41 Å². The van der Waals surface area contributed by atoms with E-state index in [2.05, 4.69) is 45.0 Å². The standard InChI is InChI=1S/C18H24OS2/c1-18(2,3)13-15(19)12-16-17(21-11-7-10-20-16)14-8-5-4-6-9-14/h4-6,8-9,12,19H,7,10-11,13H2,1-3H3/b15-12-. The first-order valence-electron chi connectivity index (χ1n) is 7.40. The Balaban J connectivity index is 2.34. The van der Waals surface area contributed by atoms with Crippen LogP contribution >= 0.6 is 23.5 Å². The minimum Gasteiger partial charge on any atom is -0.512 e. The van der Waals surface area contributed by atoms with Crippen LogP contribution in [-0.4, -0.2) is 16.6 Å². The molecule has 0 bridgehead atoms. The SMILES string of the molecule is CC(C)(C)C/C(O)=C/C1=C(c2ccccc2)SCCCS1. The number of aliphatic hydroxyl groups is 1. The lowest BCUT2D eigenvalue weighted by atomic mass is 9.91. The normalized spacial score (nSPS) is 17.8. The van der Waals surface area contributed by atoms with E-state index in [1.54, 1.807) is 0 Å². The van der Waals surface area contributed by atoms with Crippen LogP contribution in [-0.2, 0) is 0 Å². The Morgan fingerprint density at radius 3 is 2.48 bits per heavy atom. The largest absolute Gasteiger partial charge is 0.512 e. The smallest absolute Gasteiger partial charge is 0.0939 e. The molecule has 1 aliphatic rings. The van der Waals surface area contributed by atoms with Gasteiger partial charge in [-0.15, -0.1) is 23.5 Å². The van der Waals surface area contributed by atoms with Crippen molar-refractivity contribution in [3.63, 3.8) is 0 Å². The second-order valence-corrected chi connectivity index (χ2v) is 8.72. The molecule has 3 heteroatoms. The van der Waals surface area contributed by atoms with Crippen molar-refractivity contribution >= 4 is 28.4 Å². The van der Waals surface area contributed by atoms with E-state index in [1.165, 1.54) is 21.8 Å². The summed E-state index contributed by atoms with van der Waals surface area (Å²) in [6, 6.07) is 10.5. The van der Waals surface area contributed by atoms with Gasteiger partial charge >= 0.3 is 0 Å². The van der Waals surface area contributed by atoms with E-state index in [1.807, 2.05) is 35.7 Å². The Labute approximate surface area is 136 Å². The first-order valence-corrected chi connectivity index (χ1v) is 9.38. The van der Waals surface area contributed by atoms with E-state index in [9.17, 15) is 5.11 Å². The summed E-state index contributed by atoms with van der Waals surface area (Å²) in [6.45, 7) is 6.45. The zero-order valence-corrected chi connectivity index (χ0v) is 14.7. The van der Waals surface area contributed by atoms with Gasteiger partial charge in [0.25, 0.3) is 0 Å². The Morgan fingerprint density at radius 1 is 1.14 bits per heavy atom. The summed E-state index contributed by atoms with van der Waals surface area (Å²) >= 11 is 3.77. The molecule has 0 saturated heterocycles. The molecule has 0 aliphatic carbocycles. The van der Waals surface area contributed by atoms with Crippen molar-refractivity contribution in [3.05, 3.63) is 52.6 Å². The first kappa shape index (κ1) is 16.6. The van der Waals surface area contributed by atoms with Gasteiger partial charge < -0.3 is 5.11 Å². The van der Waals surface area contributed by atoms with Crippen LogP contribution in [0.1, 0.15) is 39.2 Å². The molecule has 0 unspecified atom stereocenters. The highest BCUT2D eigenvalue weighted by Gasteiger charge is 2.16. The van der Waals surface area contributed by atoms with E-state index in [0.717, 1.165) is 11.5 Å². The zero-order valence-electron chi connectivity index (χ0n) is 13.1. The lowest BCUT2D eigenvalue weighted by Gasteiger charge is -2.17. The second kappa shape index (κ2) is 7.46. The number of allylic oxidation sites excluding steroid dienone is 2. The number of rotatable bonds is 3. The maximum absolute atomic E-state index is 10.3. The highest BCUT2D eigenvalue weighted by molar-refractivity contribution is 8.11. The van der Waals surface area contributed by atoms with Crippen molar-refractivity contribution in [1.82, 2.24) is 0 Å². The van der Waals surface area contributed by atoms with Gasteiger partial charge in [-0.05, 0) is 35.0 Å². The summed E-state index contributed by atoms with van der Waals surface area (Å²) < 4.78 is 0. The average molecular weight is 321 g/mol. The molecule has 1 nitrogen and oxygen atoms in total. The fourth-order valence-electron chi connectivity index (χ4n) is 2.22. The maximum Gasteiger partial charge on any atom is 0.0939 e. The van der Waals surface area contributed by atoms with E-state index in [0.29, 0.717) is 12.2 Å².